The number of pyridine rings is 2. The van der Waals surface area contributed by atoms with Crippen molar-refractivity contribution in [3.05, 3.63) is 71.0 Å². The molecule has 0 saturated heterocycles. The van der Waals surface area contributed by atoms with Crippen LogP contribution in [-0.2, 0) is 4.74 Å². The second-order valence-corrected chi connectivity index (χ2v) is 9.16. The molecule has 0 saturated carbocycles. The molecule has 4 N–H and O–H groups in total. The lowest BCUT2D eigenvalue weighted by molar-refractivity contribution is 0.100. The fourth-order valence-corrected chi connectivity index (χ4v) is 4.62. The molecule has 186 valence electrons. The van der Waals surface area contributed by atoms with Gasteiger partial charge < -0.3 is 25.8 Å². The summed E-state index contributed by atoms with van der Waals surface area (Å²) in [5.41, 5.74) is 7.69. The number of benzene rings is 2. The van der Waals surface area contributed by atoms with Gasteiger partial charge in [-0.05, 0) is 55.8 Å². The molecule has 8 nitrogen and oxygen atoms in total. The molecular formula is C27H28ClN5O3. The summed E-state index contributed by atoms with van der Waals surface area (Å²) in [6, 6.07) is 13.2. The van der Waals surface area contributed by atoms with Gasteiger partial charge in [0.05, 0.1) is 18.2 Å². The van der Waals surface area contributed by atoms with Gasteiger partial charge in [0.2, 0.25) is 5.91 Å². The number of amides is 1. The summed E-state index contributed by atoms with van der Waals surface area (Å²) in [7, 11) is 0. The molecule has 36 heavy (non-hydrogen) atoms. The van der Waals surface area contributed by atoms with Gasteiger partial charge in [0.25, 0.3) is 0 Å². The summed E-state index contributed by atoms with van der Waals surface area (Å²) in [5, 5.41) is 10.5. The van der Waals surface area contributed by atoms with Gasteiger partial charge in [-0.1, -0.05) is 17.7 Å². The third-order valence-electron chi connectivity index (χ3n) is 6.28. The van der Waals surface area contributed by atoms with E-state index in [4.69, 9.17) is 31.8 Å². The van der Waals surface area contributed by atoms with Crippen molar-refractivity contribution in [3.63, 3.8) is 0 Å². The number of hydrogen-bond acceptors (Lipinski definition) is 7. The van der Waals surface area contributed by atoms with Crippen molar-refractivity contribution in [1.82, 2.24) is 15.3 Å². The van der Waals surface area contributed by atoms with Gasteiger partial charge in [-0.25, -0.2) is 4.98 Å². The van der Waals surface area contributed by atoms with Crippen LogP contribution in [0.4, 0.5) is 5.82 Å². The van der Waals surface area contributed by atoms with Gasteiger partial charge in [0, 0.05) is 57.9 Å². The average Bonchev–Trinajstić information content (AvgIpc) is 3.29. The number of carbonyl (C=O) groups excluding carboxylic acids is 1. The molecule has 0 bridgehead atoms. The number of carbonyl (C=O) groups is 1. The Morgan fingerprint density at radius 3 is 2.89 bits per heavy atom. The van der Waals surface area contributed by atoms with Crippen LogP contribution in [0.2, 0.25) is 5.02 Å². The van der Waals surface area contributed by atoms with Gasteiger partial charge in [-0.2, -0.15) is 0 Å². The fourth-order valence-electron chi connectivity index (χ4n) is 4.44. The Balaban J connectivity index is 1.07. The lowest BCUT2D eigenvalue weighted by Crippen LogP contribution is -2.23. The smallest absolute Gasteiger partial charge is 0.248 e. The Hall–Kier alpha value is -3.46. The Kier molecular flexibility index (Phi) is 7.46. The minimum absolute atomic E-state index is 0.183. The van der Waals surface area contributed by atoms with Crippen LogP contribution in [0, 0.1) is 0 Å². The predicted octanol–water partition coefficient (Wildman–Crippen LogP) is 4.47. The van der Waals surface area contributed by atoms with Gasteiger partial charge >= 0.3 is 0 Å². The predicted molar refractivity (Wildman–Crippen MR) is 142 cm³/mol. The van der Waals surface area contributed by atoms with Gasteiger partial charge in [-0.15, -0.1) is 0 Å². The first-order valence-electron chi connectivity index (χ1n) is 12.0. The molecule has 4 aromatic rings. The first kappa shape index (κ1) is 24.2. The molecule has 9 heteroatoms. The molecule has 0 aliphatic carbocycles. The number of aromatic nitrogens is 2. The van der Waals surface area contributed by atoms with Crippen LogP contribution < -0.4 is 21.1 Å². The van der Waals surface area contributed by atoms with Crippen molar-refractivity contribution in [3.8, 4) is 5.75 Å². The summed E-state index contributed by atoms with van der Waals surface area (Å²) in [6.45, 7) is 3.37. The minimum atomic E-state index is -0.478. The van der Waals surface area contributed by atoms with E-state index in [0.717, 1.165) is 57.7 Å². The number of nitrogens with zero attached hydrogens (tertiary/aromatic N) is 2. The van der Waals surface area contributed by atoms with E-state index >= 15 is 0 Å². The summed E-state index contributed by atoms with van der Waals surface area (Å²) in [6.07, 6.45) is 5.52. The minimum Gasteiger partial charge on any atom is -0.491 e. The highest BCUT2D eigenvalue weighted by atomic mass is 35.5. The van der Waals surface area contributed by atoms with E-state index in [9.17, 15) is 4.79 Å². The van der Waals surface area contributed by atoms with Crippen LogP contribution >= 0.6 is 11.6 Å². The summed E-state index contributed by atoms with van der Waals surface area (Å²) in [5.74, 6) is 1.16. The number of fused-ring (bicyclic) bond motifs is 4. The second kappa shape index (κ2) is 11.1. The molecule has 1 aliphatic rings. The zero-order chi connectivity index (χ0) is 24.9. The topological polar surface area (TPSA) is 111 Å². The number of nitrogens with two attached hydrogens (primary N) is 1. The molecule has 5 rings (SSSR count). The van der Waals surface area contributed by atoms with Crippen molar-refractivity contribution in [1.29, 1.82) is 0 Å². The van der Waals surface area contributed by atoms with Crippen LogP contribution in [-0.4, -0.2) is 48.8 Å². The molecule has 3 heterocycles. The third-order valence-corrected chi connectivity index (χ3v) is 6.51. The molecular weight excluding hydrogens is 478 g/mol. The van der Waals surface area contributed by atoms with E-state index in [1.165, 1.54) is 0 Å². The molecule has 2 aromatic carbocycles. The molecule has 0 radical (unpaired) electrons. The third kappa shape index (κ3) is 5.36. The van der Waals surface area contributed by atoms with E-state index in [1.54, 1.807) is 18.3 Å². The van der Waals surface area contributed by atoms with Gasteiger partial charge in [0.15, 0.2) is 0 Å². The van der Waals surface area contributed by atoms with E-state index in [1.807, 2.05) is 36.5 Å². The molecule has 1 amide bonds. The van der Waals surface area contributed by atoms with Crippen molar-refractivity contribution >= 4 is 45.0 Å². The Labute approximate surface area is 214 Å². The maximum atomic E-state index is 11.6. The SMILES string of the molecule is NC(=O)c1ccc2c(c1)nc(NCCOCCCCNC1COc3ccc(Cl)cc31)c1ccncc12. The first-order chi connectivity index (χ1) is 17.6. The van der Waals surface area contributed by atoms with Gasteiger partial charge in [-0.3, -0.25) is 9.78 Å². The number of primary amides is 1. The molecule has 1 atom stereocenters. The summed E-state index contributed by atoms with van der Waals surface area (Å²) in [4.78, 5) is 20.6. The molecule has 0 fully saturated rings. The lowest BCUT2D eigenvalue weighted by atomic mass is 10.1. The molecule has 1 aliphatic heterocycles. The Bertz CT molecular complexity index is 1400. The van der Waals surface area contributed by atoms with Crippen LogP contribution in [0.15, 0.2) is 54.9 Å². The maximum Gasteiger partial charge on any atom is 0.248 e. The maximum absolute atomic E-state index is 11.6. The summed E-state index contributed by atoms with van der Waals surface area (Å²) < 4.78 is 11.5. The largest absolute Gasteiger partial charge is 0.491 e. The Morgan fingerprint density at radius 2 is 2.00 bits per heavy atom. The number of hydrogen-bond donors (Lipinski definition) is 3. The van der Waals surface area contributed by atoms with Crippen molar-refractivity contribution in [2.75, 3.05) is 38.2 Å². The standard InChI is InChI=1S/C27H28ClN5O3/c28-18-4-6-25-21(14-18)24(16-36-25)31-8-1-2-11-35-12-10-32-27-20-7-9-30-15-22(20)19-5-3-17(26(29)34)13-23(19)33-27/h3-7,9,13-15,24,31H,1-2,8,10-12,16H2,(H2,29,34)(H,32,33). The van der Waals surface area contributed by atoms with Crippen LogP contribution in [0.25, 0.3) is 21.7 Å². The fraction of sp³-hybridized carbons (Fsp3) is 0.296. The van der Waals surface area contributed by atoms with Crippen molar-refractivity contribution in [2.45, 2.75) is 18.9 Å². The van der Waals surface area contributed by atoms with Crippen molar-refractivity contribution < 1.29 is 14.3 Å². The zero-order valence-corrected chi connectivity index (χ0v) is 20.6. The number of unbranched alkanes of at least 4 members (excludes halogenated alkanes) is 1. The van der Waals surface area contributed by atoms with E-state index in [2.05, 4.69) is 15.6 Å². The first-order valence-corrected chi connectivity index (χ1v) is 12.4. The van der Waals surface area contributed by atoms with Crippen LogP contribution in [0.1, 0.15) is 34.8 Å². The quantitative estimate of drug-likeness (QED) is 0.204. The highest BCUT2D eigenvalue weighted by Gasteiger charge is 2.23. The number of rotatable bonds is 11. The van der Waals surface area contributed by atoms with Crippen LogP contribution in [0.3, 0.4) is 0 Å². The van der Waals surface area contributed by atoms with Crippen LogP contribution in [0.5, 0.6) is 5.75 Å². The van der Waals surface area contributed by atoms with E-state index in [-0.39, 0.29) is 6.04 Å². The zero-order valence-electron chi connectivity index (χ0n) is 19.8. The van der Waals surface area contributed by atoms with Gasteiger partial charge in [0.1, 0.15) is 18.2 Å². The second-order valence-electron chi connectivity index (χ2n) is 8.72. The monoisotopic (exact) mass is 505 g/mol. The Morgan fingerprint density at radius 1 is 1.08 bits per heavy atom. The number of nitrogens with one attached hydrogen (secondary N) is 2. The van der Waals surface area contributed by atoms with E-state index < -0.39 is 5.91 Å². The lowest BCUT2D eigenvalue weighted by Gasteiger charge is -2.13. The van der Waals surface area contributed by atoms with Crippen molar-refractivity contribution in [2.24, 2.45) is 5.73 Å². The highest BCUT2D eigenvalue weighted by Crippen LogP contribution is 2.34. The van der Waals surface area contributed by atoms with E-state index in [0.29, 0.717) is 37.4 Å². The highest BCUT2D eigenvalue weighted by molar-refractivity contribution is 6.30. The number of anilines is 1. The molecule has 2 aromatic heterocycles. The summed E-state index contributed by atoms with van der Waals surface area (Å²) >= 11 is 6.12. The number of halogens is 1. The number of ether oxygens (including phenoxy) is 2. The average molecular weight is 506 g/mol. The molecule has 1 unspecified atom stereocenters. The molecule has 0 spiro atoms. The normalized spacial score (nSPS) is 14.6.